The minimum absolute atomic E-state index is 0.0476. The molecule has 0 saturated carbocycles. The number of rotatable bonds is 6. The molecule has 1 aliphatic heterocycles. The maximum absolute atomic E-state index is 11.1. The number of nitro benzene ring substituents is 1. The van der Waals surface area contributed by atoms with Crippen molar-refractivity contribution in [2.24, 2.45) is 4.99 Å². The summed E-state index contributed by atoms with van der Waals surface area (Å²) >= 11 is 3.16. The number of phenolic OH excluding ortho intramolecular Hbond substituents is 1. The lowest BCUT2D eigenvalue weighted by Gasteiger charge is -2.24. The fourth-order valence-corrected chi connectivity index (χ4v) is 4.84. The van der Waals surface area contributed by atoms with Crippen LogP contribution in [0.25, 0.3) is 5.69 Å². The largest absolute Gasteiger partial charge is 0.504 e. The van der Waals surface area contributed by atoms with E-state index in [9.17, 15) is 20.3 Å². The van der Waals surface area contributed by atoms with Crippen LogP contribution in [0.15, 0.2) is 47.6 Å². The van der Waals surface area contributed by atoms with E-state index in [0.29, 0.717) is 21.8 Å². The summed E-state index contributed by atoms with van der Waals surface area (Å²) in [5, 5.41) is 32.8. The van der Waals surface area contributed by atoms with E-state index < -0.39 is 16.8 Å². The lowest BCUT2D eigenvalue weighted by Crippen LogP contribution is -2.24. The molecule has 1 aromatic heterocycles. The van der Waals surface area contributed by atoms with Crippen LogP contribution in [-0.2, 0) is 0 Å². The number of thiazole rings is 1. The van der Waals surface area contributed by atoms with Crippen molar-refractivity contribution < 1.29 is 19.9 Å². The van der Waals surface area contributed by atoms with Crippen molar-refractivity contribution >= 4 is 28.8 Å². The molecule has 2 heterocycles. The van der Waals surface area contributed by atoms with Gasteiger partial charge < -0.3 is 14.9 Å². The summed E-state index contributed by atoms with van der Waals surface area (Å²) in [6.45, 7) is 7.74. The molecule has 0 spiro atoms. The average Bonchev–Trinajstić information content (AvgIpc) is 3.51. The molecule has 1 fully saturated rings. The molecule has 3 aromatic rings. The smallest absolute Gasteiger partial charge is 0.269 e. The number of aliphatic hydroxyl groups excluding tert-OH is 1. The Hall–Kier alpha value is -2.82. The number of phenols is 1. The van der Waals surface area contributed by atoms with E-state index in [4.69, 9.17) is 4.74 Å². The van der Waals surface area contributed by atoms with Gasteiger partial charge in [-0.05, 0) is 33.8 Å². The van der Waals surface area contributed by atoms with Gasteiger partial charge in [-0.1, -0.05) is 12.1 Å². The number of aromatic hydroxyl groups is 1. The van der Waals surface area contributed by atoms with Crippen molar-refractivity contribution in [1.29, 1.82) is 0 Å². The molecule has 174 valence electrons. The molecule has 2 unspecified atom stereocenters. The first-order valence-corrected chi connectivity index (χ1v) is 12.2. The van der Waals surface area contributed by atoms with Crippen LogP contribution in [0.1, 0.15) is 48.3 Å². The maximum atomic E-state index is 11.1. The molecule has 0 amide bonds. The number of non-ortho nitro benzene ring substituents is 1. The van der Waals surface area contributed by atoms with Gasteiger partial charge in [0.25, 0.3) is 5.69 Å². The Morgan fingerprint density at radius 1 is 1.30 bits per heavy atom. The molecular formula is C23H25N3O5S2. The number of ether oxygens (including phenoxy) is 1. The molecule has 4 rings (SSSR count). The molecule has 0 aliphatic carbocycles. The number of nitrogens with zero attached hydrogens (tertiary/aromatic N) is 3. The quantitative estimate of drug-likeness (QED) is 0.287. The lowest BCUT2D eigenvalue weighted by molar-refractivity contribution is -0.385. The first kappa shape index (κ1) is 23.3. The summed E-state index contributed by atoms with van der Waals surface area (Å²) in [4.78, 5) is 16.4. The lowest BCUT2D eigenvalue weighted by atomic mass is 10.1. The third-order valence-corrected chi connectivity index (χ3v) is 6.66. The third kappa shape index (κ3) is 5.40. The van der Waals surface area contributed by atoms with E-state index in [1.807, 2.05) is 40.0 Å². The van der Waals surface area contributed by atoms with E-state index >= 15 is 0 Å². The first-order valence-electron chi connectivity index (χ1n) is 10.3. The highest BCUT2D eigenvalue weighted by atomic mass is 32.2. The summed E-state index contributed by atoms with van der Waals surface area (Å²) in [5.41, 5.74) is 1.39. The van der Waals surface area contributed by atoms with Gasteiger partial charge in [-0.3, -0.25) is 14.7 Å². The third-order valence-electron chi connectivity index (χ3n) is 4.83. The van der Waals surface area contributed by atoms with E-state index in [1.54, 1.807) is 28.5 Å². The zero-order valence-electron chi connectivity index (χ0n) is 18.7. The van der Waals surface area contributed by atoms with Gasteiger partial charge in [0.15, 0.2) is 22.5 Å². The van der Waals surface area contributed by atoms with E-state index in [-0.39, 0.29) is 16.7 Å². The van der Waals surface area contributed by atoms with Crippen LogP contribution in [0.2, 0.25) is 0 Å². The standard InChI is InChI=1S/C23H25N3O5S2/c1-13-11-25(22(33-13)24-21(28)14-6-5-7-15(8-14)26(29)30)16-9-17(19-12-32-19)20(18(27)10-16)31-23(2,3)4/h5-11,19,21,27-28H,12H2,1-4H3/b24-22-. The van der Waals surface area contributed by atoms with Crippen LogP contribution in [0.3, 0.4) is 0 Å². The van der Waals surface area contributed by atoms with E-state index in [0.717, 1.165) is 16.2 Å². The van der Waals surface area contributed by atoms with Gasteiger partial charge in [-0.25, -0.2) is 4.99 Å². The number of hydrogen-bond acceptors (Lipinski definition) is 8. The maximum Gasteiger partial charge on any atom is 0.269 e. The molecule has 0 radical (unpaired) electrons. The zero-order valence-corrected chi connectivity index (χ0v) is 20.3. The monoisotopic (exact) mass is 487 g/mol. The predicted molar refractivity (Wildman–Crippen MR) is 129 cm³/mol. The van der Waals surface area contributed by atoms with E-state index in [1.165, 1.54) is 29.5 Å². The number of hydrogen-bond donors (Lipinski definition) is 2. The van der Waals surface area contributed by atoms with Gasteiger partial charge in [0.05, 0.1) is 10.6 Å². The molecule has 33 heavy (non-hydrogen) atoms. The van der Waals surface area contributed by atoms with Crippen molar-refractivity contribution in [2.75, 3.05) is 5.75 Å². The summed E-state index contributed by atoms with van der Waals surface area (Å²) < 4.78 is 7.86. The average molecular weight is 488 g/mol. The van der Waals surface area contributed by atoms with Crippen LogP contribution >= 0.6 is 23.1 Å². The molecule has 8 nitrogen and oxygen atoms in total. The minimum atomic E-state index is -1.27. The van der Waals surface area contributed by atoms with Crippen molar-refractivity contribution in [2.45, 2.75) is 44.8 Å². The second-order valence-corrected chi connectivity index (χ2v) is 11.2. The SMILES string of the molecule is Cc1cn(-c2cc(O)c(OC(C)(C)C)c(C3CS3)c2)/c(=N/C(O)c2cccc([N+](=O)[O-])c2)s1. The molecule has 1 saturated heterocycles. The Labute approximate surface area is 199 Å². The number of aromatic nitrogens is 1. The molecule has 0 bridgehead atoms. The fourth-order valence-electron chi connectivity index (χ4n) is 3.35. The molecule has 2 aromatic carbocycles. The molecular weight excluding hydrogens is 462 g/mol. The van der Waals surface area contributed by atoms with Crippen molar-refractivity contribution in [3.63, 3.8) is 0 Å². The molecule has 1 aliphatic rings. The zero-order chi connectivity index (χ0) is 23.9. The number of aliphatic hydroxyl groups is 1. The van der Waals surface area contributed by atoms with Crippen molar-refractivity contribution in [3.8, 4) is 17.2 Å². The van der Waals surface area contributed by atoms with Crippen molar-refractivity contribution in [3.05, 3.63) is 73.5 Å². The Morgan fingerprint density at radius 3 is 2.67 bits per heavy atom. The van der Waals surface area contributed by atoms with Crippen molar-refractivity contribution in [1.82, 2.24) is 4.57 Å². The molecule has 10 heteroatoms. The van der Waals surface area contributed by atoms with Gasteiger partial charge >= 0.3 is 0 Å². The van der Waals surface area contributed by atoms with Gasteiger partial charge in [-0.15, -0.1) is 11.3 Å². The Balaban J connectivity index is 1.78. The molecule has 2 N–H and O–H groups in total. The first-order chi connectivity index (χ1) is 15.5. The summed E-state index contributed by atoms with van der Waals surface area (Å²) in [6, 6.07) is 9.40. The summed E-state index contributed by atoms with van der Waals surface area (Å²) in [6.07, 6.45) is 0.608. The highest BCUT2D eigenvalue weighted by Crippen LogP contribution is 2.52. The highest BCUT2D eigenvalue weighted by Gasteiger charge is 2.32. The van der Waals surface area contributed by atoms with Gasteiger partial charge in [0, 0.05) is 51.4 Å². The van der Waals surface area contributed by atoms with Crippen LogP contribution in [0.5, 0.6) is 11.5 Å². The van der Waals surface area contributed by atoms with E-state index in [2.05, 4.69) is 4.99 Å². The predicted octanol–water partition coefficient (Wildman–Crippen LogP) is 5.02. The van der Waals surface area contributed by atoms with Gasteiger partial charge in [0.2, 0.25) is 0 Å². The number of benzene rings is 2. The second-order valence-electron chi connectivity index (χ2n) is 8.77. The highest BCUT2D eigenvalue weighted by molar-refractivity contribution is 8.06. The van der Waals surface area contributed by atoms with Gasteiger partial charge in [-0.2, -0.15) is 11.8 Å². The topological polar surface area (TPSA) is 110 Å². The molecule has 2 atom stereocenters. The Kier molecular flexibility index (Phi) is 6.26. The number of thioether (sulfide) groups is 1. The normalized spacial score (nSPS) is 17.1. The Bertz CT molecular complexity index is 1270. The van der Waals surface area contributed by atoms with Crippen LogP contribution in [-0.4, -0.2) is 31.1 Å². The van der Waals surface area contributed by atoms with Crippen LogP contribution in [0, 0.1) is 17.0 Å². The van der Waals surface area contributed by atoms with Crippen LogP contribution in [0.4, 0.5) is 5.69 Å². The number of aryl methyl sites for hydroxylation is 1. The minimum Gasteiger partial charge on any atom is -0.504 e. The summed E-state index contributed by atoms with van der Waals surface area (Å²) in [7, 11) is 0. The van der Waals surface area contributed by atoms with Crippen LogP contribution < -0.4 is 9.54 Å². The summed E-state index contributed by atoms with van der Waals surface area (Å²) in [5.74, 6) is 1.50. The number of nitro groups is 1. The van der Waals surface area contributed by atoms with Gasteiger partial charge in [0.1, 0.15) is 5.60 Å². The Morgan fingerprint density at radius 2 is 2.03 bits per heavy atom. The second kappa shape index (κ2) is 8.85. The fraction of sp³-hybridized carbons (Fsp3) is 0.348.